The normalized spacial score (nSPS) is 18.9. The van der Waals surface area contributed by atoms with E-state index in [0.717, 1.165) is 46.1 Å². The van der Waals surface area contributed by atoms with Gasteiger partial charge in [-0.1, -0.05) is 66.7 Å². The van der Waals surface area contributed by atoms with E-state index in [-0.39, 0.29) is 5.97 Å². The van der Waals surface area contributed by atoms with Gasteiger partial charge in [-0.05, 0) is 53.1 Å². The van der Waals surface area contributed by atoms with E-state index in [4.69, 9.17) is 9.47 Å². The van der Waals surface area contributed by atoms with Crippen molar-refractivity contribution < 1.29 is 14.3 Å². The van der Waals surface area contributed by atoms with Crippen molar-refractivity contribution >= 4 is 28.1 Å². The van der Waals surface area contributed by atoms with E-state index in [0.29, 0.717) is 17.1 Å². The first-order chi connectivity index (χ1) is 17.7. The standard InChI is InChI=1S/C32H21NO3/c34-31-24-10-4-5-11-25(24)32(36-31)26-15-14-22(33-18-17-21-8-2-6-12-27(21)33)19-29(26)35-28-16-13-20-7-1-3-9-23(20)30(28)32/h1-16,19H,17-18H2. The Hall–Kier alpha value is -4.57. The summed E-state index contributed by atoms with van der Waals surface area (Å²) in [5.74, 6) is 1.11. The van der Waals surface area contributed by atoms with Crippen LogP contribution in [0.15, 0.2) is 103 Å². The molecule has 36 heavy (non-hydrogen) atoms. The number of rotatable bonds is 1. The van der Waals surface area contributed by atoms with Crippen LogP contribution in [-0.2, 0) is 16.8 Å². The Kier molecular flexibility index (Phi) is 3.82. The van der Waals surface area contributed by atoms with Crippen molar-refractivity contribution in [1.82, 2.24) is 0 Å². The SMILES string of the molecule is O=C1OC2(c3ccc(N4CCc5ccccc54)cc3Oc3ccc4ccccc4c32)c2ccccc21. The first kappa shape index (κ1) is 19.7. The summed E-state index contributed by atoms with van der Waals surface area (Å²) in [6, 6.07) is 34.8. The van der Waals surface area contributed by atoms with Crippen LogP contribution in [0.5, 0.6) is 11.5 Å². The molecule has 0 N–H and O–H groups in total. The quantitative estimate of drug-likeness (QED) is 0.247. The number of hydrogen-bond acceptors (Lipinski definition) is 4. The second-order valence-corrected chi connectivity index (χ2v) is 9.59. The highest BCUT2D eigenvalue weighted by Gasteiger charge is 2.54. The third-order valence-electron chi connectivity index (χ3n) is 7.78. The minimum absolute atomic E-state index is 0.310. The Morgan fingerprint density at radius 3 is 2.56 bits per heavy atom. The Morgan fingerprint density at radius 2 is 1.58 bits per heavy atom. The third kappa shape index (κ3) is 2.46. The van der Waals surface area contributed by atoms with Gasteiger partial charge in [0.15, 0.2) is 5.60 Å². The van der Waals surface area contributed by atoms with Gasteiger partial charge in [0.1, 0.15) is 11.5 Å². The zero-order valence-corrected chi connectivity index (χ0v) is 19.4. The summed E-state index contributed by atoms with van der Waals surface area (Å²) in [6.45, 7) is 0.919. The third-order valence-corrected chi connectivity index (χ3v) is 7.78. The minimum Gasteiger partial charge on any atom is -0.456 e. The summed E-state index contributed by atoms with van der Waals surface area (Å²) in [6.07, 6.45) is 1.01. The maximum atomic E-state index is 13.2. The molecule has 0 saturated heterocycles. The molecule has 1 spiro atoms. The number of carbonyl (C=O) groups excluding carboxylic acids is 1. The van der Waals surface area contributed by atoms with Crippen molar-refractivity contribution in [2.45, 2.75) is 12.0 Å². The van der Waals surface area contributed by atoms with Crippen molar-refractivity contribution in [3.63, 3.8) is 0 Å². The predicted octanol–water partition coefficient (Wildman–Crippen LogP) is 7.10. The number of esters is 1. The molecule has 3 aliphatic rings. The number of para-hydroxylation sites is 1. The fourth-order valence-electron chi connectivity index (χ4n) is 6.22. The highest BCUT2D eigenvalue weighted by atomic mass is 16.6. The average Bonchev–Trinajstić information content (AvgIpc) is 3.48. The smallest absolute Gasteiger partial charge is 0.340 e. The molecule has 4 nitrogen and oxygen atoms in total. The zero-order valence-electron chi connectivity index (χ0n) is 19.4. The molecular formula is C32H21NO3. The van der Waals surface area contributed by atoms with Crippen molar-refractivity contribution in [3.8, 4) is 11.5 Å². The monoisotopic (exact) mass is 467 g/mol. The molecule has 4 heteroatoms. The van der Waals surface area contributed by atoms with Crippen LogP contribution in [0, 0.1) is 0 Å². The van der Waals surface area contributed by atoms with E-state index in [1.165, 1.54) is 11.3 Å². The molecule has 1 unspecified atom stereocenters. The summed E-state index contributed by atoms with van der Waals surface area (Å²) in [7, 11) is 0. The minimum atomic E-state index is -1.07. The molecule has 0 aliphatic carbocycles. The summed E-state index contributed by atoms with van der Waals surface area (Å²) in [5, 5.41) is 2.09. The molecule has 0 radical (unpaired) electrons. The van der Waals surface area contributed by atoms with Crippen molar-refractivity contribution in [2.75, 3.05) is 11.4 Å². The van der Waals surface area contributed by atoms with Gasteiger partial charge in [-0.15, -0.1) is 0 Å². The van der Waals surface area contributed by atoms with Crippen LogP contribution in [0.25, 0.3) is 10.8 Å². The van der Waals surface area contributed by atoms with Crippen LogP contribution in [0.1, 0.15) is 32.6 Å². The van der Waals surface area contributed by atoms with E-state index in [2.05, 4.69) is 65.6 Å². The van der Waals surface area contributed by atoms with Gasteiger partial charge < -0.3 is 14.4 Å². The summed E-state index contributed by atoms with van der Waals surface area (Å²) >= 11 is 0. The van der Waals surface area contributed by atoms with Gasteiger partial charge in [-0.2, -0.15) is 0 Å². The topological polar surface area (TPSA) is 38.8 Å². The molecule has 0 aromatic heterocycles. The second kappa shape index (κ2) is 6.98. The largest absolute Gasteiger partial charge is 0.456 e. The molecule has 5 aromatic carbocycles. The van der Waals surface area contributed by atoms with Gasteiger partial charge in [0.05, 0.1) is 11.1 Å². The molecule has 3 heterocycles. The fraction of sp³-hybridized carbons (Fsp3) is 0.0938. The number of anilines is 2. The average molecular weight is 468 g/mol. The number of nitrogens with zero attached hydrogens (tertiary/aromatic N) is 1. The number of benzene rings is 5. The fourth-order valence-corrected chi connectivity index (χ4v) is 6.22. The van der Waals surface area contributed by atoms with Crippen LogP contribution >= 0.6 is 0 Å². The Bertz CT molecular complexity index is 1740. The molecular weight excluding hydrogens is 446 g/mol. The van der Waals surface area contributed by atoms with Gasteiger partial charge in [-0.25, -0.2) is 4.79 Å². The summed E-state index contributed by atoms with van der Waals surface area (Å²) < 4.78 is 13.0. The molecule has 1 atom stereocenters. The molecule has 0 fully saturated rings. The van der Waals surface area contributed by atoms with Crippen LogP contribution < -0.4 is 9.64 Å². The van der Waals surface area contributed by atoms with E-state index in [1.54, 1.807) is 0 Å². The Morgan fingerprint density at radius 1 is 0.750 bits per heavy atom. The van der Waals surface area contributed by atoms with E-state index in [1.807, 2.05) is 42.5 Å². The lowest BCUT2D eigenvalue weighted by Gasteiger charge is -2.38. The molecule has 0 amide bonds. The van der Waals surface area contributed by atoms with E-state index >= 15 is 0 Å². The van der Waals surface area contributed by atoms with Crippen molar-refractivity contribution in [3.05, 3.63) is 131 Å². The van der Waals surface area contributed by atoms with Crippen molar-refractivity contribution in [2.24, 2.45) is 0 Å². The molecule has 0 saturated carbocycles. The second-order valence-electron chi connectivity index (χ2n) is 9.59. The van der Waals surface area contributed by atoms with Crippen molar-refractivity contribution in [1.29, 1.82) is 0 Å². The number of ether oxygens (including phenoxy) is 2. The summed E-state index contributed by atoms with van der Waals surface area (Å²) in [4.78, 5) is 15.6. The molecule has 5 aromatic rings. The Labute approximate surface area is 208 Å². The molecule has 172 valence electrons. The van der Waals surface area contributed by atoms with E-state index in [9.17, 15) is 4.79 Å². The lowest BCUT2D eigenvalue weighted by atomic mass is 9.76. The van der Waals surface area contributed by atoms with Crippen LogP contribution in [0.2, 0.25) is 0 Å². The van der Waals surface area contributed by atoms with Crippen LogP contribution in [0.3, 0.4) is 0 Å². The van der Waals surface area contributed by atoms with Gasteiger partial charge in [0, 0.05) is 35.1 Å². The highest BCUT2D eigenvalue weighted by Crippen LogP contribution is 2.58. The maximum Gasteiger partial charge on any atom is 0.340 e. The highest BCUT2D eigenvalue weighted by molar-refractivity contribution is 6.00. The van der Waals surface area contributed by atoms with Gasteiger partial charge in [0.2, 0.25) is 0 Å². The number of carbonyl (C=O) groups is 1. The van der Waals surface area contributed by atoms with Crippen LogP contribution in [0.4, 0.5) is 11.4 Å². The Balaban J connectivity index is 1.40. The van der Waals surface area contributed by atoms with E-state index < -0.39 is 5.60 Å². The number of hydrogen-bond donors (Lipinski definition) is 0. The van der Waals surface area contributed by atoms with Crippen LogP contribution in [-0.4, -0.2) is 12.5 Å². The zero-order chi connectivity index (χ0) is 23.9. The molecule has 3 aliphatic heterocycles. The number of fused-ring (bicyclic) bond motifs is 9. The maximum absolute atomic E-state index is 13.2. The lowest BCUT2D eigenvalue weighted by molar-refractivity contribution is 0.0229. The predicted molar refractivity (Wildman–Crippen MR) is 139 cm³/mol. The molecule has 0 bridgehead atoms. The molecule has 8 rings (SSSR count). The first-order valence-corrected chi connectivity index (χ1v) is 12.3. The van der Waals surface area contributed by atoms with Gasteiger partial charge >= 0.3 is 5.97 Å². The van der Waals surface area contributed by atoms with Gasteiger partial charge in [0.25, 0.3) is 0 Å². The van der Waals surface area contributed by atoms with Gasteiger partial charge in [-0.3, -0.25) is 0 Å². The summed E-state index contributed by atoms with van der Waals surface area (Å²) in [5.41, 5.74) is 5.76. The lowest BCUT2D eigenvalue weighted by Crippen LogP contribution is -2.33. The first-order valence-electron chi connectivity index (χ1n) is 12.3.